The molecule has 0 unspecified atom stereocenters. The predicted molar refractivity (Wildman–Crippen MR) is 58.4 cm³/mol. The van der Waals surface area contributed by atoms with Crippen molar-refractivity contribution in [1.29, 1.82) is 0 Å². The zero-order valence-electron chi connectivity index (χ0n) is 7.18. The van der Waals surface area contributed by atoms with E-state index in [-0.39, 0.29) is 5.24 Å². The van der Waals surface area contributed by atoms with Crippen molar-refractivity contribution >= 4 is 23.6 Å². The van der Waals surface area contributed by atoms with Crippen LogP contribution in [0.2, 0.25) is 0 Å². The van der Waals surface area contributed by atoms with Crippen molar-refractivity contribution in [3.05, 3.63) is 43.0 Å². The zero-order chi connectivity index (χ0) is 9.68. The van der Waals surface area contributed by atoms with Crippen LogP contribution in [0.5, 0.6) is 0 Å². The van der Waals surface area contributed by atoms with Crippen LogP contribution in [0.3, 0.4) is 0 Å². The molecule has 0 heterocycles. The molecule has 0 radical (unpaired) electrons. The average molecular weight is 193 g/mol. The highest BCUT2D eigenvalue weighted by molar-refractivity contribution is 7.96. The van der Waals surface area contributed by atoms with Crippen LogP contribution in [0.1, 0.15) is 0 Å². The molecule has 0 saturated heterocycles. The van der Waals surface area contributed by atoms with Gasteiger partial charge in [0.2, 0.25) is 0 Å². The Hall–Kier alpha value is -1.22. The van der Waals surface area contributed by atoms with E-state index in [0.29, 0.717) is 6.54 Å². The molecule has 0 aliphatic rings. The fourth-order valence-corrected chi connectivity index (χ4v) is 1.23. The number of anilines is 1. The van der Waals surface area contributed by atoms with Crippen LogP contribution in [0, 0.1) is 0 Å². The van der Waals surface area contributed by atoms with Crippen LogP contribution in [0.4, 0.5) is 10.5 Å². The molecule has 68 valence electrons. The number of thiol groups is 1. The van der Waals surface area contributed by atoms with Crippen molar-refractivity contribution in [3.8, 4) is 0 Å². The van der Waals surface area contributed by atoms with E-state index in [9.17, 15) is 4.79 Å². The molecule has 0 aliphatic heterocycles. The number of amides is 1. The predicted octanol–water partition coefficient (Wildman–Crippen LogP) is 2.73. The first-order chi connectivity index (χ1) is 6.25. The second-order valence-electron chi connectivity index (χ2n) is 2.52. The van der Waals surface area contributed by atoms with Gasteiger partial charge in [-0.15, -0.1) is 6.58 Å². The van der Waals surface area contributed by atoms with Gasteiger partial charge in [-0.05, 0) is 12.1 Å². The van der Waals surface area contributed by atoms with Gasteiger partial charge in [0, 0.05) is 12.2 Å². The molecule has 0 aromatic heterocycles. The number of para-hydroxylation sites is 1. The van der Waals surface area contributed by atoms with Gasteiger partial charge in [0.15, 0.2) is 0 Å². The first-order valence-corrected chi connectivity index (χ1v) is 4.37. The largest absolute Gasteiger partial charge is 0.300 e. The SMILES string of the molecule is C=CCN(C(=O)S)c1ccccc1. The van der Waals surface area contributed by atoms with Crippen LogP contribution in [-0.4, -0.2) is 11.8 Å². The highest BCUT2D eigenvalue weighted by Crippen LogP contribution is 2.14. The van der Waals surface area contributed by atoms with Gasteiger partial charge in [-0.1, -0.05) is 36.9 Å². The lowest BCUT2D eigenvalue weighted by atomic mass is 10.3. The van der Waals surface area contributed by atoms with Crippen molar-refractivity contribution in [2.24, 2.45) is 0 Å². The number of hydrogen-bond donors (Lipinski definition) is 1. The summed E-state index contributed by atoms with van der Waals surface area (Å²) >= 11 is 3.78. The van der Waals surface area contributed by atoms with Crippen molar-refractivity contribution in [2.45, 2.75) is 0 Å². The van der Waals surface area contributed by atoms with E-state index < -0.39 is 0 Å². The lowest BCUT2D eigenvalue weighted by Gasteiger charge is -2.17. The Balaban J connectivity index is 2.88. The Morgan fingerprint density at radius 3 is 2.54 bits per heavy atom. The maximum absolute atomic E-state index is 11.1. The Bertz CT molecular complexity index is 297. The number of carbonyl (C=O) groups excluding carboxylic acids is 1. The molecule has 0 spiro atoms. The molecule has 0 fully saturated rings. The Morgan fingerprint density at radius 1 is 1.46 bits per heavy atom. The van der Waals surface area contributed by atoms with Gasteiger partial charge >= 0.3 is 0 Å². The lowest BCUT2D eigenvalue weighted by molar-refractivity contribution is 0.266. The summed E-state index contributed by atoms with van der Waals surface area (Å²) in [6, 6.07) is 9.37. The molecule has 1 aromatic carbocycles. The number of hydrogen-bond acceptors (Lipinski definition) is 1. The van der Waals surface area contributed by atoms with Crippen molar-refractivity contribution in [3.63, 3.8) is 0 Å². The Kier molecular flexibility index (Phi) is 3.58. The highest BCUT2D eigenvalue weighted by Gasteiger charge is 2.08. The van der Waals surface area contributed by atoms with Gasteiger partial charge in [-0.2, -0.15) is 0 Å². The molecule has 13 heavy (non-hydrogen) atoms. The molecule has 0 bridgehead atoms. The van der Waals surface area contributed by atoms with Gasteiger partial charge in [0.05, 0.1) is 0 Å². The normalized spacial score (nSPS) is 9.31. The molecule has 1 amide bonds. The van der Waals surface area contributed by atoms with Crippen molar-refractivity contribution in [1.82, 2.24) is 0 Å². The number of rotatable bonds is 3. The van der Waals surface area contributed by atoms with E-state index in [1.807, 2.05) is 30.3 Å². The molecule has 0 atom stereocenters. The zero-order valence-corrected chi connectivity index (χ0v) is 8.08. The Labute approximate surface area is 83.3 Å². The van der Waals surface area contributed by atoms with Crippen molar-refractivity contribution < 1.29 is 4.79 Å². The fraction of sp³-hybridized carbons (Fsp3) is 0.100. The van der Waals surface area contributed by atoms with Gasteiger partial charge in [-0.25, -0.2) is 0 Å². The highest BCUT2D eigenvalue weighted by atomic mass is 32.1. The number of nitrogens with zero attached hydrogens (tertiary/aromatic N) is 1. The molecule has 2 nitrogen and oxygen atoms in total. The summed E-state index contributed by atoms with van der Waals surface area (Å²) in [4.78, 5) is 12.6. The number of benzene rings is 1. The molecule has 1 rings (SSSR count). The summed E-state index contributed by atoms with van der Waals surface area (Å²) < 4.78 is 0. The second kappa shape index (κ2) is 4.72. The summed E-state index contributed by atoms with van der Waals surface area (Å²) in [5.41, 5.74) is 0.836. The third-order valence-electron chi connectivity index (χ3n) is 1.61. The summed E-state index contributed by atoms with van der Waals surface area (Å²) in [6.07, 6.45) is 1.67. The van der Waals surface area contributed by atoms with Gasteiger partial charge in [0.1, 0.15) is 0 Å². The fourth-order valence-electron chi connectivity index (χ4n) is 1.03. The topological polar surface area (TPSA) is 20.3 Å². The standard InChI is InChI=1S/C10H11NOS/c1-2-8-11(10(12)13)9-6-4-3-5-7-9/h2-7H,1,8H2,(H,12,13). The lowest BCUT2D eigenvalue weighted by Crippen LogP contribution is -2.25. The summed E-state index contributed by atoms with van der Waals surface area (Å²) in [7, 11) is 0. The monoisotopic (exact) mass is 193 g/mol. The molecule has 0 aliphatic carbocycles. The van der Waals surface area contributed by atoms with Gasteiger partial charge in [-0.3, -0.25) is 9.69 Å². The van der Waals surface area contributed by atoms with Crippen LogP contribution in [-0.2, 0) is 0 Å². The minimum Gasteiger partial charge on any atom is -0.300 e. The van der Waals surface area contributed by atoms with Crippen LogP contribution < -0.4 is 4.90 Å². The summed E-state index contributed by atoms with van der Waals surface area (Å²) in [5, 5.41) is -0.272. The quantitative estimate of drug-likeness (QED) is 0.578. The third-order valence-corrected chi connectivity index (χ3v) is 1.85. The maximum Gasteiger partial charge on any atom is 0.283 e. The number of carbonyl (C=O) groups is 1. The summed E-state index contributed by atoms with van der Waals surface area (Å²) in [6.45, 7) is 4.06. The van der Waals surface area contributed by atoms with E-state index in [0.717, 1.165) is 5.69 Å². The van der Waals surface area contributed by atoms with E-state index in [4.69, 9.17) is 0 Å². The molecular formula is C10H11NOS. The average Bonchev–Trinajstić information content (AvgIpc) is 2.15. The minimum atomic E-state index is -0.272. The third kappa shape index (κ3) is 2.63. The van der Waals surface area contributed by atoms with E-state index >= 15 is 0 Å². The summed E-state index contributed by atoms with van der Waals surface area (Å²) in [5.74, 6) is 0. The van der Waals surface area contributed by atoms with Gasteiger partial charge < -0.3 is 0 Å². The van der Waals surface area contributed by atoms with Crippen LogP contribution in [0.15, 0.2) is 43.0 Å². The van der Waals surface area contributed by atoms with E-state index in [1.54, 1.807) is 6.08 Å². The van der Waals surface area contributed by atoms with Gasteiger partial charge in [0.25, 0.3) is 5.24 Å². The molecule has 3 heteroatoms. The molecule has 0 saturated carbocycles. The first kappa shape index (κ1) is 9.86. The van der Waals surface area contributed by atoms with Crippen molar-refractivity contribution in [2.75, 3.05) is 11.4 Å². The van der Waals surface area contributed by atoms with E-state index in [2.05, 4.69) is 19.2 Å². The molecule has 1 aromatic rings. The van der Waals surface area contributed by atoms with Crippen LogP contribution in [0.25, 0.3) is 0 Å². The molecule has 0 N–H and O–H groups in total. The molecular weight excluding hydrogens is 182 g/mol. The van der Waals surface area contributed by atoms with E-state index in [1.165, 1.54) is 4.90 Å². The Morgan fingerprint density at radius 2 is 2.08 bits per heavy atom. The minimum absolute atomic E-state index is 0.272. The maximum atomic E-state index is 11.1. The second-order valence-corrected chi connectivity index (χ2v) is 2.90. The smallest absolute Gasteiger partial charge is 0.283 e. The van der Waals surface area contributed by atoms with Crippen LogP contribution >= 0.6 is 12.6 Å². The first-order valence-electron chi connectivity index (χ1n) is 3.92.